The molecule has 1 aliphatic rings. The van der Waals surface area contributed by atoms with Gasteiger partial charge in [-0.05, 0) is 12.2 Å². The minimum absolute atomic E-state index is 0.227. The van der Waals surface area contributed by atoms with Gasteiger partial charge in [0.05, 0.1) is 26.5 Å². The molecule has 54 valence electrons. The Morgan fingerprint density at radius 1 is 1.70 bits per heavy atom. The number of carbonyl (C=O) groups excluding carboxylic acids is 1. The van der Waals surface area contributed by atoms with Gasteiger partial charge in [0.25, 0.3) is 0 Å². The van der Waals surface area contributed by atoms with Crippen LogP contribution in [0.3, 0.4) is 0 Å². The zero-order valence-corrected chi connectivity index (χ0v) is 5.53. The molecule has 2 N–H and O–H groups in total. The minimum Gasteiger partial charge on any atom is -0.396 e. The standard InChI is InChI=1S/C6H9BO3/c7-4-1-5(9)3(2-8)6(4)10/h3-5,8-9H,1-2H2/t3-,4+,5+/m1/s1. The molecule has 0 amide bonds. The van der Waals surface area contributed by atoms with Crippen molar-refractivity contribution in [2.75, 3.05) is 6.61 Å². The Morgan fingerprint density at radius 2 is 2.30 bits per heavy atom. The number of Topliss-reactive ketones (excluding diaryl/α,β-unsaturated/α-hetero) is 1. The first-order valence-electron chi connectivity index (χ1n) is 3.25. The highest BCUT2D eigenvalue weighted by Gasteiger charge is 2.37. The number of hydrogen-bond acceptors (Lipinski definition) is 3. The van der Waals surface area contributed by atoms with E-state index in [4.69, 9.17) is 18.1 Å². The van der Waals surface area contributed by atoms with Crippen molar-refractivity contribution in [3.8, 4) is 0 Å². The molecule has 0 aliphatic heterocycles. The van der Waals surface area contributed by atoms with Crippen molar-refractivity contribution in [1.29, 1.82) is 0 Å². The zero-order chi connectivity index (χ0) is 7.72. The van der Waals surface area contributed by atoms with Crippen LogP contribution in [0.1, 0.15) is 6.42 Å². The van der Waals surface area contributed by atoms with Crippen molar-refractivity contribution in [3.05, 3.63) is 0 Å². The second-order valence-corrected chi connectivity index (χ2v) is 2.60. The van der Waals surface area contributed by atoms with Crippen LogP contribution in [-0.4, -0.2) is 36.6 Å². The largest absolute Gasteiger partial charge is 0.396 e. The highest BCUT2D eigenvalue weighted by atomic mass is 16.3. The van der Waals surface area contributed by atoms with E-state index >= 15 is 0 Å². The lowest BCUT2D eigenvalue weighted by Crippen LogP contribution is -2.23. The molecule has 0 aromatic rings. The zero-order valence-electron chi connectivity index (χ0n) is 5.53. The number of carbonyl (C=O) groups is 1. The maximum absolute atomic E-state index is 10.9. The predicted molar refractivity (Wildman–Crippen MR) is 35.7 cm³/mol. The molecule has 0 unspecified atom stereocenters. The average molecular weight is 140 g/mol. The number of rotatable bonds is 1. The van der Waals surface area contributed by atoms with Gasteiger partial charge in [0.2, 0.25) is 0 Å². The third-order valence-electron chi connectivity index (χ3n) is 1.89. The fourth-order valence-corrected chi connectivity index (χ4v) is 1.22. The lowest BCUT2D eigenvalue weighted by atomic mass is 9.84. The second kappa shape index (κ2) is 2.72. The normalized spacial score (nSPS) is 40.6. The first-order valence-corrected chi connectivity index (χ1v) is 3.25. The first-order chi connectivity index (χ1) is 4.66. The Bertz CT molecular complexity index is 148. The summed E-state index contributed by atoms with van der Waals surface area (Å²) in [5, 5.41) is 17.7. The molecular formula is C6H9BO3. The molecule has 0 heterocycles. The third kappa shape index (κ3) is 1.09. The van der Waals surface area contributed by atoms with Crippen LogP contribution < -0.4 is 0 Å². The predicted octanol–water partition coefficient (Wildman–Crippen LogP) is -1.11. The molecule has 2 radical (unpaired) electrons. The Morgan fingerprint density at radius 3 is 2.50 bits per heavy atom. The van der Waals surface area contributed by atoms with E-state index in [1.165, 1.54) is 0 Å². The van der Waals surface area contributed by atoms with Gasteiger partial charge in [0.15, 0.2) is 0 Å². The van der Waals surface area contributed by atoms with Crippen LogP contribution in [0.2, 0.25) is 5.82 Å². The number of aliphatic hydroxyl groups is 2. The third-order valence-corrected chi connectivity index (χ3v) is 1.89. The van der Waals surface area contributed by atoms with E-state index in [0.29, 0.717) is 0 Å². The maximum Gasteiger partial charge on any atom is 0.135 e. The van der Waals surface area contributed by atoms with Crippen molar-refractivity contribution >= 4 is 13.6 Å². The Balaban J connectivity index is 2.64. The van der Waals surface area contributed by atoms with Crippen LogP contribution in [0.25, 0.3) is 0 Å². The van der Waals surface area contributed by atoms with Gasteiger partial charge >= 0.3 is 0 Å². The summed E-state index contributed by atoms with van der Waals surface area (Å²) in [4.78, 5) is 10.9. The number of ketones is 1. The van der Waals surface area contributed by atoms with Crippen LogP contribution in [-0.2, 0) is 4.79 Å². The fraction of sp³-hybridized carbons (Fsp3) is 0.833. The minimum atomic E-state index is -0.743. The van der Waals surface area contributed by atoms with E-state index in [2.05, 4.69) is 0 Å². The number of aliphatic hydroxyl groups excluding tert-OH is 2. The summed E-state index contributed by atoms with van der Waals surface area (Å²) >= 11 is 0. The summed E-state index contributed by atoms with van der Waals surface area (Å²) in [5.74, 6) is -1.45. The molecular weight excluding hydrogens is 131 g/mol. The Kier molecular flexibility index (Phi) is 2.11. The Hall–Kier alpha value is -0.345. The SMILES string of the molecule is [B][C@H]1C[C@H](O)[C@@H](CO)C1=O. The highest BCUT2D eigenvalue weighted by molar-refractivity contribution is 6.25. The molecule has 0 saturated heterocycles. The molecule has 3 nitrogen and oxygen atoms in total. The highest BCUT2D eigenvalue weighted by Crippen LogP contribution is 2.29. The quantitative estimate of drug-likeness (QED) is 0.454. The second-order valence-electron chi connectivity index (χ2n) is 2.60. The molecule has 4 heteroatoms. The van der Waals surface area contributed by atoms with Gasteiger partial charge in [-0.3, -0.25) is 4.79 Å². The summed E-state index contributed by atoms with van der Waals surface area (Å²) in [6.07, 6.45) is -0.461. The first kappa shape index (κ1) is 7.76. The summed E-state index contributed by atoms with van der Waals surface area (Å²) in [5.41, 5.74) is 0. The summed E-state index contributed by atoms with van der Waals surface area (Å²) in [6, 6.07) is 0. The van der Waals surface area contributed by atoms with Gasteiger partial charge in [0.1, 0.15) is 5.78 Å². The van der Waals surface area contributed by atoms with E-state index in [0.717, 1.165) is 0 Å². The summed E-state index contributed by atoms with van der Waals surface area (Å²) in [6.45, 7) is -0.298. The molecule has 1 rings (SSSR count). The van der Waals surface area contributed by atoms with E-state index in [1.807, 2.05) is 0 Å². The van der Waals surface area contributed by atoms with Crippen molar-refractivity contribution in [3.63, 3.8) is 0 Å². The van der Waals surface area contributed by atoms with Crippen LogP contribution >= 0.6 is 0 Å². The van der Waals surface area contributed by atoms with Crippen molar-refractivity contribution in [2.45, 2.75) is 18.3 Å². The molecule has 10 heavy (non-hydrogen) atoms. The lowest BCUT2D eigenvalue weighted by molar-refractivity contribution is -0.123. The molecule has 0 spiro atoms. The van der Waals surface area contributed by atoms with Crippen LogP contribution in [0, 0.1) is 5.92 Å². The summed E-state index contributed by atoms with van der Waals surface area (Å²) < 4.78 is 0. The van der Waals surface area contributed by atoms with Crippen molar-refractivity contribution < 1.29 is 15.0 Å². The van der Waals surface area contributed by atoms with Gasteiger partial charge in [0, 0.05) is 0 Å². The molecule has 0 aromatic carbocycles. The van der Waals surface area contributed by atoms with Crippen LogP contribution in [0.15, 0.2) is 0 Å². The smallest absolute Gasteiger partial charge is 0.135 e. The van der Waals surface area contributed by atoms with Crippen LogP contribution in [0.5, 0.6) is 0 Å². The van der Waals surface area contributed by atoms with Gasteiger partial charge in [-0.2, -0.15) is 0 Å². The van der Waals surface area contributed by atoms with E-state index < -0.39 is 17.8 Å². The summed E-state index contributed by atoms with van der Waals surface area (Å²) in [7, 11) is 5.31. The molecule has 1 fully saturated rings. The lowest BCUT2D eigenvalue weighted by Gasteiger charge is -2.07. The molecule has 0 bridgehead atoms. The maximum atomic E-state index is 10.9. The van der Waals surface area contributed by atoms with E-state index in [9.17, 15) is 4.79 Å². The average Bonchev–Trinajstić information content (AvgIpc) is 2.09. The number of hydrogen-bond donors (Lipinski definition) is 2. The van der Waals surface area contributed by atoms with Gasteiger partial charge in [-0.25, -0.2) is 0 Å². The van der Waals surface area contributed by atoms with Crippen LogP contribution in [0.4, 0.5) is 0 Å². The van der Waals surface area contributed by atoms with Gasteiger partial charge in [-0.1, -0.05) is 0 Å². The molecule has 1 saturated carbocycles. The van der Waals surface area contributed by atoms with Gasteiger partial charge in [-0.15, -0.1) is 0 Å². The molecule has 1 aliphatic carbocycles. The van der Waals surface area contributed by atoms with Gasteiger partial charge < -0.3 is 10.2 Å². The fourth-order valence-electron chi connectivity index (χ4n) is 1.22. The Labute approximate surface area is 60.5 Å². The topological polar surface area (TPSA) is 57.5 Å². The molecule has 0 aromatic heterocycles. The van der Waals surface area contributed by atoms with Crippen molar-refractivity contribution in [1.82, 2.24) is 0 Å². The van der Waals surface area contributed by atoms with Crippen molar-refractivity contribution in [2.24, 2.45) is 5.92 Å². The molecule has 3 atom stereocenters. The van der Waals surface area contributed by atoms with E-state index in [-0.39, 0.29) is 18.8 Å². The monoisotopic (exact) mass is 140 g/mol. The van der Waals surface area contributed by atoms with E-state index in [1.54, 1.807) is 0 Å².